The molecule has 2 aliphatic rings. The van der Waals surface area contributed by atoms with Crippen molar-refractivity contribution >= 4 is 0 Å². The molecule has 0 bridgehead atoms. The molecule has 0 unspecified atom stereocenters. The summed E-state index contributed by atoms with van der Waals surface area (Å²) < 4.78 is 35.8. The van der Waals surface area contributed by atoms with Crippen LogP contribution in [0.25, 0.3) is 10.4 Å². The Kier molecular flexibility index (Phi) is 9.81. The van der Waals surface area contributed by atoms with Gasteiger partial charge in [-0.2, -0.15) is 0 Å². The summed E-state index contributed by atoms with van der Waals surface area (Å²) in [4.78, 5) is 2.98. The van der Waals surface area contributed by atoms with Crippen molar-refractivity contribution in [1.29, 1.82) is 0 Å². The molecule has 30 heavy (non-hydrogen) atoms. The fourth-order valence-electron chi connectivity index (χ4n) is 3.56. The van der Waals surface area contributed by atoms with Crippen LogP contribution in [-0.4, -0.2) is 81.3 Å². The van der Waals surface area contributed by atoms with Crippen molar-refractivity contribution in [2.75, 3.05) is 39.6 Å². The predicted molar refractivity (Wildman–Crippen MR) is 113 cm³/mol. The zero-order chi connectivity index (χ0) is 22.2. The Labute approximate surface area is 180 Å². The normalized spacial score (nSPS) is 31.7. The second-order valence-corrected chi connectivity index (χ2v) is 9.36. The first kappa shape index (κ1) is 25.3. The van der Waals surface area contributed by atoms with E-state index in [-0.39, 0.29) is 36.6 Å². The highest BCUT2D eigenvalue weighted by Gasteiger charge is 2.40. The standard InChI is InChI=1S/C21H39N3O6/c1-7-8-9-25-12-18-17(28-14-20(3,4)29-18)11-26-10-16(23-24-22)19-15(2)27-13-21(5,6)30-19/h15-19H,7-14H2,1-6H3/t15-,16+,17+,18+,19-/m1/s1. The van der Waals surface area contributed by atoms with Crippen LogP contribution in [0, 0.1) is 0 Å². The van der Waals surface area contributed by atoms with Crippen LogP contribution in [0.5, 0.6) is 0 Å². The molecular formula is C21H39N3O6. The zero-order valence-corrected chi connectivity index (χ0v) is 19.3. The average molecular weight is 430 g/mol. The Balaban J connectivity index is 1.91. The van der Waals surface area contributed by atoms with Gasteiger partial charge in [-0.25, -0.2) is 0 Å². The lowest BCUT2D eigenvalue weighted by Gasteiger charge is -2.42. The summed E-state index contributed by atoms with van der Waals surface area (Å²) in [5, 5.41) is 3.91. The van der Waals surface area contributed by atoms with Crippen molar-refractivity contribution in [1.82, 2.24) is 0 Å². The topological polar surface area (TPSA) is 104 Å². The molecule has 9 heteroatoms. The van der Waals surface area contributed by atoms with E-state index in [1.54, 1.807) is 0 Å². The lowest BCUT2D eigenvalue weighted by atomic mass is 10.0. The molecule has 174 valence electrons. The van der Waals surface area contributed by atoms with Crippen molar-refractivity contribution in [2.24, 2.45) is 5.11 Å². The lowest BCUT2D eigenvalue weighted by Crippen LogP contribution is -2.54. The summed E-state index contributed by atoms with van der Waals surface area (Å²) in [7, 11) is 0. The summed E-state index contributed by atoms with van der Waals surface area (Å²) in [6.45, 7) is 14.7. The third kappa shape index (κ3) is 7.96. The first-order chi connectivity index (χ1) is 14.2. The van der Waals surface area contributed by atoms with E-state index in [0.717, 1.165) is 12.8 Å². The van der Waals surface area contributed by atoms with E-state index >= 15 is 0 Å². The molecule has 0 amide bonds. The van der Waals surface area contributed by atoms with Crippen LogP contribution in [0.4, 0.5) is 0 Å². The number of azide groups is 1. The van der Waals surface area contributed by atoms with Gasteiger partial charge in [0.05, 0.1) is 62.5 Å². The van der Waals surface area contributed by atoms with Gasteiger partial charge in [-0.05, 0) is 46.6 Å². The van der Waals surface area contributed by atoms with Gasteiger partial charge in [0.15, 0.2) is 0 Å². The van der Waals surface area contributed by atoms with Gasteiger partial charge in [-0.15, -0.1) is 0 Å². The van der Waals surface area contributed by atoms with Gasteiger partial charge in [-0.3, -0.25) is 0 Å². The summed E-state index contributed by atoms with van der Waals surface area (Å²) in [5.74, 6) is 0. The average Bonchev–Trinajstić information content (AvgIpc) is 2.67. The van der Waals surface area contributed by atoms with Crippen LogP contribution in [0.1, 0.15) is 54.4 Å². The molecule has 0 saturated carbocycles. The third-order valence-electron chi connectivity index (χ3n) is 5.22. The molecule has 5 atom stereocenters. The SMILES string of the molecule is CCCCOC[C@@H]1OC(C)(C)CO[C@H]1COC[C@H](N=[N+]=[N-])[C@@H]1OC(C)(C)CO[C@@H]1C. The van der Waals surface area contributed by atoms with E-state index in [1.165, 1.54) is 0 Å². The van der Waals surface area contributed by atoms with E-state index < -0.39 is 11.6 Å². The van der Waals surface area contributed by atoms with E-state index in [2.05, 4.69) is 16.9 Å². The molecule has 2 aliphatic heterocycles. The van der Waals surface area contributed by atoms with Crippen LogP contribution in [0.2, 0.25) is 0 Å². The predicted octanol–water partition coefficient (Wildman–Crippen LogP) is 3.64. The van der Waals surface area contributed by atoms with Crippen molar-refractivity contribution in [3.8, 4) is 0 Å². The molecule has 2 rings (SSSR count). The van der Waals surface area contributed by atoms with Gasteiger partial charge >= 0.3 is 0 Å². The molecule has 2 heterocycles. The lowest BCUT2D eigenvalue weighted by molar-refractivity contribution is -0.244. The highest BCUT2D eigenvalue weighted by atomic mass is 16.6. The Morgan fingerprint density at radius 3 is 2.40 bits per heavy atom. The van der Waals surface area contributed by atoms with Crippen LogP contribution in [-0.2, 0) is 28.4 Å². The second-order valence-electron chi connectivity index (χ2n) is 9.36. The van der Waals surface area contributed by atoms with Crippen LogP contribution in [0.3, 0.4) is 0 Å². The molecule has 0 aromatic heterocycles. The Bertz CT molecular complexity index is 567. The monoisotopic (exact) mass is 429 g/mol. The Morgan fingerprint density at radius 2 is 1.70 bits per heavy atom. The molecule has 0 aromatic rings. The largest absolute Gasteiger partial charge is 0.379 e. The smallest absolute Gasteiger partial charge is 0.110 e. The maximum Gasteiger partial charge on any atom is 0.110 e. The highest BCUT2D eigenvalue weighted by molar-refractivity contribution is 4.89. The van der Waals surface area contributed by atoms with Crippen molar-refractivity contribution in [2.45, 2.75) is 96.0 Å². The Morgan fingerprint density at radius 1 is 1.03 bits per heavy atom. The van der Waals surface area contributed by atoms with Gasteiger partial charge < -0.3 is 28.4 Å². The van der Waals surface area contributed by atoms with E-state index in [4.69, 9.17) is 34.0 Å². The molecule has 2 fully saturated rings. The fraction of sp³-hybridized carbons (Fsp3) is 1.00. The quantitative estimate of drug-likeness (QED) is 0.215. The maximum absolute atomic E-state index is 9.02. The van der Waals surface area contributed by atoms with E-state index in [1.807, 2.05) is 34.6 Å². The first-order valence-corrected chi connectivity index (χ1v) is 11.0. The molecule has 9 nitrogen and oxygen atoms in total. The number of rotatable bonds is 11. The molecule has 0 spiro atoms. The minimum Gasteiger partial charge on any atom is -0.379 e. The molecule has 0 N–H and O–H groups in total. The van der Waals surface area contributed by atoms with Crippen molar-refractivity contribution in [3.05, 3.63) is 10.4 Å². The number of hydrogen-bond donors (Lipinski definition) is 0. The number of nitrogens with zero attached hydrogens (tertiary/aromatic N) is 3. The molecule has 2 saturated heterocycles. The van der Waals surface area contributed by atoms with Gasteiger partial charge in [0.2, 0.25) is 0 Å². The van der Waals surface area contributed by atoms with Crippen LogP contribution < -0.4 is 0 Å². The van der Waals surface area contributed by atoms with E-state index in [0.29, 0.717) is 33.0 Å². The van der Waals surface area contributed by atoms with Crippen molar-refractivity contribution in [3.63, 3.8) is 0 Å². The molecule has 0 aliphatic carbocycles. The van der Waals surface area contributed by atoms with Crippen LogP contribution >= 0.6 is 0 Å². The first-order valence-electron chi connectivity index (χ1n) is 11.0. The molecular weight excluding hydrogens is 390 g/mol. The van der Waals surface area contributed by atoms with Gasteiger partial charge in [-0.1, -0.05) is 18.5 Å². The summed E-state index contributed by atoms with van der Waals surface area (Å²) >= 11 is 0. The summed E-state index contributed by atoms with van der Waals surface area (Å²) in [6, 6.07) is -0.496. The fourth-order valence-corrected chi connectivity index (χ4v) is 3.56. The van der Waals surface area contributed by atoms with Gasteiger partial charge in [0, 0.05) is 11.5 Å². The molecule has 0 aromatic carbocycles. The highest BCUT2D eigenvalue weighted by Crippen LogP contribution is 2.27. The zero-order valence-electron chi connectivity index (χ0n) is 19.3. The minimum absolute atomic E-state index is 0.188. The van der Waals surface area contributed by atoms with Crippen molar-refractivity contribution < 1.29 is 28.4 Å². The van der Waals surface area contributed by atoms with E-state index in [9.17, 15) is 0 Å². The molecule has 0 radical (unpaired) electrons. The number of unbranched alkanes of at least 4 members (excludes halogenated alkanes) is 1. The minimum atomic E-state index is -0.496. The maximum atomic E-state index is 9.02. The summed E-state index contributed by atoms with van der Waals surface area (Å²) in [5.41, 5.74) is 8.22. The second kappa shape index (κ2) is 11.6. The Hall–Kier alpha value is -0.930. The number of hydrogen-bond acceptors (Lipinski definition) is 7. The third-order valence-corrected chi connectivity index (χ3v) is 5.22. The van der Waals surface area contributed by atoms with Gasteiger partial charge in [0.1, 0.15) is 12.2 Å². The summed E-state index contributed by atoms with van der Waals surface area (Å²) in [6.07, 6.45) is 1.08. The van der Waals surface area contributed by atoms with Gasteiger partial charge in [0.25, 0.3) is 0 Å². The number of ether oxygens (including phenoxy) is 6. The van der Waals surface area contributed by atoms with Crippen LogP contribution in [0.15, 0.2) is 5.11 Å².